The van der Waals surface area contributed by atoms with Crippen LogP contribution in [0.1, 0.15) is 12.8 Å². The Kier molecular flexibility index (Phi) is 5.55. The van der Waals surface area contributed by atoms with Crippen LogP contribution in [0.25, 0.3) is 22.3 Å². The Morgan fingerprint density at radius 3 is 2.68 bits per heavy atom. The SMILES string of the molecule is COc1ccc(-c2cc(=NCC3CCCO3)c3cc(Cl)ccc3o2)cc1OC. The third-order valence-corrected chi connectivity index (χ3v) is 5.10. The normalized spacial score (nSPS) is 17.2. The summed E-state index contributed by atoms with van der Waals surface area (Å²) in [7, 11) is 3.23. The highest BCUT2D eigenvalue weighted by Crippen LogP contribution is 2.33. The predicted octanol–water partition coefficient (Wildman–Crippen LogP) is 4.85. The highest BCUT2D eigenvalue weighted by molar-refractivity contribution is 6.31. The van der Waals surface area contributed by atoms with Crippen LogP contribution in [0.2, 0.25) is 5.02 Å². The summed E-state index contributed by atoms with van der Waals surface area (Å²) in [6.45, 7) is 1.44. The minimum atomic E-state index is 0.177. The van der Waals surface area contributed by atoms with Gasteiger partial charge >= 0.3 is 0 Å². The van der Waals surface area contributed by atoms with Gasteiger partial charge in [0, 0.05) is 28.6 Å². The first kappa shape index (κ1) is 18.8. The fourth-order valence-corrected chi connectivity index (χ4v) is 3.56. The molecule has 1 saturated heterocycles. The van der Waals surface area contributed by atoms with E-state index in [4.69, 9.17) is 35.2 Å². The molecule has 0 amide bonds. The Bertz CT molecular complexity index is 1050. The molecule has 1 unspecified atom stereocenters. The van der Waals surface area contributed by atoms with Gasteiger partial charge in [-0.05, 0) is 49.2 Å². The molecule has 1 aromatic heterocycles. The molecule has 4 rings (SSSR count). The summed E-state index contributed by atoms with van der Waals surface area (Å²) in [5, 5.41) is 2.37. The maximum atomic E-state index is 6.21. The zero-order valence-electron chi connectivity index (χ0n) is 15.9. The summed E-state index contributed by atoms with van der Waals surface area (Å²) in [6, 6.07) is 13.2. The Balaban J connectivity index is 1.83. The largest absolute Gasteiger partial charge is 0.493 e. The van der Waals surface area contributed by atoms with E-state index in [-0.39, 0.29) is 6.10 Å². The molecule has 0 saturated carbocycles. The maximum Gasteiger partial charge on any atom is 0.161 e. The lowest BCUT2D eigenvalue weighted by atomic mass is 10.1. The number of methoxy groups -OCH3 is 2. The maximum absolute atomic E-state index is 6.21. The smallest absolute Gasteiger partial charge is 0.161 e. The second kappa shape index (κ2) is 8.25. The van der Waals surface area contributed by atoms with Crippen molar-refractivity contribution in [1.82, 2.24) is 0 Å². The van der Waals surface area contributed by atoms with Crippen molar-refractivity contribution in [1.29, 1.82) is 0 Å². The van der Waals surface area contributed by atoms with E-state index in [9.17, 15) is 0 Å². The first-order valence-electron chi connectivity index (χ1n) is 9.26. The lowest BCUT2D eigenvalue weighted by Gasteiger charge is -2.10. The van der Waals surface area contributed by atoms with E-state index in [2.05, 4.69) is 0 Å². The molecule has 0 N–H and O–H groups in total. The van der Waals surface area contributed by atoms with Gasteiger partial charge < -0.3 is 18.6 Å². The molecule has 1 aliphatic heterocycles. The Labute approximate surface area is 168 Å². The van der Waals surface area contributed by atoms with Crippen molar-refractivity contribution >= 4 is 22.6 Å². The van der Waals surface area contributed by atoms with Crippen LogP contribution in [-0.4, -0.2) is 33.5 Å². The second-order valence-electron chi connectivity index (χ2n) is 6.68. The van der Waals surface area contributed by atoms with Crippen LogP contribution in [0, 0.1) is 0 Å². The second-order valence-corrected chi connectivity index (χ2v) is 7.12. The fraction of sp³-hybridized carbons (Fsp3) is 0.318. The molecule has 1 aliphatic rings. The molecule has 28 heavy (non-hydrogen) atoms. The Hall–Kier alpha value is -2.50. The van der Waals surface area contributed by atoms with Crippen LogP contribution < -0.4 is 14.8 Å². The quantitative estimate of drug-likeness (QED) is 0.615. The van der Waals surface area contributed by atoms with Gasteiger partial charge in [-0.15, -0.1) is 0 Å². The average Bonchev–Trinajstić information content (AvgIpc) is 3.25. The van der Waals surface area contributed by atoms with E-state index in [1.807, 2.05) is 42.5 Å². The molecule has 5 nitrogen and oxygen atoms in total. The van der Waals surface area contributed by atoms with Crippen molar-refractivity contribution in [3.8, 4) is 22.8 Å². The molecule has 2 aromatic carbocycles. The summed E-state index contributed by atoms with van der Waals surface area (Å²) in [4.78, 5) is 4.82. The number of hydrogen-bond donors (Lipinski definition) is 0. The first-order valence-corrected chi connectivity index (χ1v) is 9.63. The number of ether oxygens (including phenoxy) is 3. The average molecular weight is 400 g/mol. The van der Waals surface area contributed by atoms with Crippen molar-refractivity contribution in [2.24, 2.45) is 4.99 Å². The van der Waals surface area contributed by atoms with Gasteiger partial charge in [-0.2, -0.15) is 0 Å². The van der Waals surface area contributed by atoms with Crippen LogP contribution >= 0.6 is 11.6 Å². The summed E-state index contributed by atoms with van der Waals surface area (Å²) in [6.07, 6.45) is 2.31. The summed E-state index contributed by atoms with van der Waals surface area (Å²) >= 11 is 6.21. The zero-order chi connectivity index (χ0) is 19.5. The summed E-state index contributed by atoms with van der Waals surface area (Å²) < 4.78 is 22.6. The molecular weight excluding hydrogens is 378 g/mol. The van der Waals surface area contributed by atoms with Crippen molar-refractivity contribution in [3.05, 3.63) is 52.8 Å². The predicted molar refractivity (Wildman–Crippen MR) is 109 cm³/mol. The van der Waals surface area contributed by atoms with Crippen LogP contribution in [-0.2, 0) is 4.74 Å². The number of fused-ring (bicyclic) bond motifs is 1. The van der Waals surface area contributed by atoms with Crippen LogP contribution in [0.5, 0.6) is 11.5 Å². The number of hydrogen-bond acceptors (Lipinski definition) is 5. The molecule has 0 aliphatic carbocycles. The van der Waals surface area contributed by atoms with E-state index in [1.165, 1.54) is 0 Å². The van der Waals surface area contributed by atoms with Gasteiger partial charge in [0.25, 0.3) is 0 Å². The summed E-state index contributed by atoms with van der Waals surface area (Å²) in [5.41, 5.74) is 1.60. The van der Waals surface area contributed by atoms with Crippen molar-refractivity contribution in [2.45, 2.75) is 18.9 Å². The number of nitrogens with zero attached hydrogens (tertiary/aromatic N) is 1. The molecule has 2 heterocycles. The van der Waals surface area contributed by atoms with Crippen molar-refractivity contribution < 1.29 is 18.6 Å². The first-order chi connectivity index (χ1) is 13.7. The van der Waals surface area contributed by atoms with E-state index in [0.717, 1.165) is 41.3 Å². The number of rotatable bonds is 5. The molecule has 0 radical (unpaired) electrons. The molecular formula is C22H22ClNO4. The molecule has 1 fully saturated rings. The Morgan fingerprint density at radius 2 is 1.93 bits per heavy atom. The topological polar surface area (TPSA) is 53.2 Å². The highest BCUT2D eigenvalue weighted by Gasteiger charge is 2.15. The number of benzene rings is 2. The third-order valence-electron chi connectivity index (χ3n) is 4.86. The van der Waals surface area contributed by atoms with Crippen LogP contribution in [0.4, 0.5) is 0 Å². The van der Waals surface area contributed by atoms with E-state index in [1.54, 1.807) is 14.2 Å². The zero-order valence-corrected chi connectivity index (χ0v) is 16.7. The lowest BCUT2D eigenvalue weighted by Crippen LogP contribution is -2.13. The van der Waals surface area contributed by atoms with Gasteiger partial charge in [0.1, 0.15) is 11.3 Å². The van der Waals surface area contributed by atoms with Gasteiger partial charge in [-0.25, -0.2) is 0 Å². The van der Waals surface area contributed by atoms with Crippen LogP contribution in [0.3, 0.4) is 0 Å². The van der Waals surface area contributed by atoms with E-state index in [0.29, 0.717) is 28.8 Å². The minimum Gasteiger partial charge on any atom is -0.493 e. The number of halogens is 1. The van der Waals surface area contributed by atoms with E-state index < -0.39 is 0 Å². The van der Waals surface area contributed by atoms with Gasteiger partial charge in [-0.3, -0.25) is 4.99 Å². The van der Waals surface area contributed by atoms with Crippen molar-refractivity contribution in [2.75, 3.05) is 27.4 Å². The minimum absolute atomic E-state index is 0.177. The molecule has 1 atom stereocenters. The standard InChI is InChI=1S/C22H22ClNO4/c1-25-20-7-5-14(10-22(20)26-2)21-12-18(24-13-16-4-3-9-27-16)17-11-15(23)6-8-19(17)28-21/h5-8,10-12,16H,3-4,9,13H2,1-2H3. The molecule has 0 bridgehead atoms. The lowest BCUT2D eigenvalue weighted by molar-refractivity contribution is 0.117. The van der Waals surface area contributed by atoms with Gasteiger partial charge in [0.05, 0.1) is 32.2 Å². The van der Waals surface area contributed by atoms with E-state index >= 15 is 0 Å². The van der Waals surface area contributed by atoms with Gasteiger partial charge in [-0.1, -0.05) is 11.6 Å². The summed E-state index contributed by atoms with van der Waals surface area (Å²) in [5.74, 6) is 2.01. The van der Waals surface area contributed by atoms with Crippen LogP contribution in [0.15, 0.2) is 51.9 Å². The van der Waals surface area contributed by atoms with Crippen molar-refractivity contribution in [3.63, 3.8) is 0 Å². The molecule has 3 aromatic rings. The fourth-order valence-electron chi connectivity index (χ4n) is 3.39. The monoisotopic (exact) mass is 399 g/mol. The highest BCUT2D eigenvalue weighted by atomic mass is 35.5. The third kappa shape index (κ3) is 3.86. The van der Waals surface area contributed by atoms with Gasteiger partial charge in [0.15, 0.2) is 11.5 Å². The molecule has 146 valence electrons. The molecule has 6 heteroatoms. The molecule has 0 spiro atoms. The van der Waals surface area contributed by atoms with Gasteiger partial charge in [0.2, 0.25) is 0 Å². The Morgan fingerprint density at radius 1 is 1.07 bits per heavy atom.